The number of nitrogens with zero attached hydrogens (tertiary/aromatic N) is 1. The second-order valence-corrected chi connectivity index (χ2v) is 5.35. The maximum absolute atomic E-state index is 11.9. The maximum atomic E-state index is 11.9. The average molecular weight is 364 g/mol. The summed E-state index contributed by atoms with van der Waals surface area (Å²) in [5.41, 5.74) is 4.02. The molecular weight excluding hydrogens is 350 g/mol. The summed E-state index contributed by atoms with van der Waals surface area (Å²) in [6.45, 7) is 0.569. The third-order valence-electron chi connectivity index (χ3n) is 3.02. The SMILES string of the molecule is O=C(C[n+]1csc2ccccc21)OCc1ccccc1.[Br-]. The van der Waals surface area contributed by atoms with Crippen LogP contribution in [-0.2, 0) is 22.7 Å². The fourth-order valence-corrected chi connectivity index (χ4v) is 2.91. The molecule has 2 aromatic carbocycles. The lowest BCUT2D eigenvalue weighted by atomic mass is 10.2. The quantitative estimate of drug-likeness (QED) is 0.480. The van der Waals surface area contributed by atoms with Crippen LogP contribution in [0.3, 0.4) is 0 Å². The second kappa shape index (κ2) is 7.33. The van der Waals surface area contributed by atoms with E-state index in [2.05, 4.69) is 0 Å². The Labute approximate surface area is 137 Å². The number of aromatic nitrogens is 1. The molecule has 5 heteroatoms. The molecule has 1 heterocycles. The van der Waals surface area contributed by atoms with Crippen molar-refractivity contribution in [1.29, 1.82) is 0 Å². The van der Waals surface area contributed by atoms with E-state index in [0.717, 1.165) is 11.1 Å². The van der Waals surface area contributed by atoms with E-state index < -0.39 is 0 Å². The molecule has 3 rings (SSSR count). The molecule has 21 heavy (non-hydrogen) atoms. The van der Waals surface area contributed by atoms with Gasteiger partial charge >= 0.3 is 5.97 Å². The van der Waals surface area contributed by atoms with Crippen molar-refractivity contribution in [2.75, 3.05) is 0 Å². The molecule has 0 fully saturated rings. The first-order valence-electron chi connectivity index (χ1n) is 6.38. The first-order valence-corrected chi connectivity index (χ1v) is 7.26. The standard InChI is InChI=1S/C16H14NO2S.BrH/c18-16(19-11-13-6-2-1-3-7-13)10-17-12-20-15-9-5-4-8-14(15)17;/h1-9,12H,10-11H2;1H/q+1;/p-1. The maximum Gasteiger partial charge on any atom is 0.373 e. The van der Waals surface area contributed by atoms with Crippen molar-refractivity contribution in [2.24, 2.45) is 0 Å². The number of halogens is 1. The fourth-order valence-electron chi connectivity index (χ4n) is 2.02. The molecule has 0 unspecified atom stereocenters. The molecule has 0 saturated carbocycles. The number of esters is 1. The van der Waals surface area contributed by atoms with Gasteiger partial charge in [0.1, 0.15) is 11.3 Å². The zero-order valence-corrected chi connectivity index (χ0v) is 13.6. The van der Waals surface area contributed by atoms with Crippen molar-refractivity contribution in [3.63, 3.8) is 0 Å². The molecule has 0 spiro atoms. The lowest BCUT2D eigenvalue weighted by Crippen LogP contribution is -3.00. The number of carbonyl (C=O) groups is 1. The van der Waals surface area contributed by atoms with Gasteiger partial charge in [0, 0.05) is 6.07 Å². The van der Waals surface area contributed by atoms with Crippen LogP contribution in [0.5, 0.6) is 0 Å². The lowest BCUT2D eigenvalue weighted by Gasteiger charge is -2.02. The highest BCUT2D eigenvalue weighted by Crippen LogP contribution is 2.14. The number of hydrogen-bond acceptors (Lipinski definition) is 3. The van der Waals surface area contributed by atoms with Crippen molar-refractivity contribution in [3.8, 4) is 0 Å². The minimum Gasteiger partial charge on any atom is -1.00 e. The minimum atomic E-state index is -0.220. The number of carbonyl (C=O) groups excluding carboxylic acids is 1. The van der Waals surface area contributed by atoms with Crippen LogP contribution in [0.4, 0.5) is 0 Å². The van der Waals surface area contributed by atoms with Crippen LogP contribution in [-0.4, -0.2) is 5.97 Å². The van der Waals surface area contributed by atoms with Crippen LogP contribution in [0, 0.1) is 0 Å². The highest BCUT2D eigenvalue weighted by Gasteiger charge is 2.16. The molecule has 3 nitrogen and oxygen atoms in total. The summed E-state index contributed by atoms with van der Waals surface area (Å²) in [6.07, 6.45) is 0. The number of rotatable bonds is 4. The van der Waals surface area contributed by atoms with Crippen LogP contribution in [0.15, 0.2) is 60.1 Å². The topological polar surface area (TPSA) is 30.2 Å². The van der Waals surface area contributed by atoms with Crippen molar-refractivity contribution < 1.29 is 31.1 Å². The molecule has 0 bridgehead atoms. The summed E-state index contributed by atoms with van der Waals surface area (Å²) in [7, 11) is 0. The molecule has 0 aliphatic heterocycles. The van der Waals surface area contributed by atoms with Gasteiger partial charge in [0.25, 0.3) is 0 Å². The van der Waals surface area contributed by atoms with Gasteiger partial charge < -0.3 is 21.7 Å². The average Bonchev–Trinajstić information content (AvgIpc) is 2.90. The number of fused-ring (bicyclic) bond motifs is 1. The van der Waals surface area contributed by atoms with Crippen molar-refractivity contribution in [2.45, 2.75) is 13.2 Å². The summed E-state index contributed by atoms with van der Waals surface area (Å²) in [5.74, 6) is -0.220. The molecule has 0 amide bonds. The number of para-hydroxylation sites is 1. The second-order valence-electron chi connectivity index (χ2n) is 4.47. The smallest absolute Gasteiger partial charge is 0.373 e. The van der Waals surface area contributed by atoms with Gasteiger partial charge in [0.05, 0.1) is 0 Å². The minimum absolute atomic E-state index is 0. The molecule has 3 aromatic rings. The van der Waals surface area contributed by atoms with Gasteiger partial charge in [-0.3, -0.25) is 0 Å². The predicted molar refractivity (Wildman–Crippen MR) is 78.3 cm³/mol. The number of hydrogen-bond donors (Lipinski definition) is 0. The fraction of sp³-hybridized carbons (Fsp3) is 0.125. The van der Waals surface area contributed by atoms with E-state index in [1.807, 2.05) is 64.7 Å². The first kappa shape index (κ1) is 15.7. The summed E-state index contributed by atoms with van der Waals surface area (Å²) >= 11 is 1.63. The lowest BCUT2D eigenvalue weighted by molar-refractivity contribution is -0.655. The molecule has 0 atom stereocenters. The molecule has 108 valence electrons. The highest BCUT2D eigenvalue weighted by molar-refractivity contribution is 7.16. The van der Waals surface area contributed by atoms with E-state index in [4.69, 9.17) is 4.74 Å². The monoisotopic (exact) mass is 363 g/mol. The molecular formula is C16H14BrNO2S. The van der Waals surface area contributed by atoms with Crippen LogP contribution < -0.4 is 21.5 Å². The van der Waals surface area contributed by atoms with Gasteiger partial charge in [-0.2, -0.15) is 4.57 Å². The van der Waals surface area contributed by atoms with Crippen LogP contribution in [0.2, 0.25) is 0 Å². The Kier molecular flexibility index (Phi) is 5.47. The number of benzene rings is 2. The van der Waals surface area contributed by atoms with Gasteiger partial charge in [0.2, 0.25) is 17.6 Å². The van der Waals surface area contributed by atoms with E-state index in [1.165, 1.54) is 4.70 Å². The van der Waals surface area contributed by atoms with Crippen LogP contribution in [0.25, 0.3) is 10.2 Å². The van der Waals surface area contributed by atoms with Crippen molar-refractivity contribution in [1.82, 2.24) is 0 Å². The van der Waals surface area contributed by atoms with Crippen LogP contribution in [0.1, 0.15) is 5.56 Å². The van der Waals surface area contributed by atoms with E-state index in [1.54, 1.807) is 11.3 Å². The van der Waals surface area contributed by atoms with E-state index in [-0.39, 0.29) is 29.5 Å². The third-order valence-corrected chi connectivity index (χ3v) is 3.98. The Hall–Kier alpha value is -1.72. The number of ether oxygens (including phenoxy) is 1. The molecule has 0 aliphatic rings. The normalized spacial score (nSPS) is 10.1. The van der Waals surface area contributed by atoms with Gasteiger partial charge in [0.15, 0.2) is 0 Å². The molecule has 0 aliphatic carbocycles. The Morgan fingerprint density at radius 1 is 1.05 bits per heavy atom. The summed E-state index contributed by atoms with van der Waals surface area (Å²) in [5, 5.41) is 0. The van der Waals surface area contributed by atoms with E-state index >= 15 is 0 Å². The third kappa shape index (κ3) is 3.89. The zero-order chi connectivity index (χ0) is 13.8. The molecule has 0 saturated heterocycles. The highest BCUT2D eigenvalue weighted by atomic mass is 79.9. The zero-order valence-electron chi connectivity index (χ0n) is 11.2. The van der Waals surface area contributed by atoms with Gasteiger partial charge in [-0.15, -0.1) is 0 Å². The summed E-state index contributed by atoms with van der Waals surface area (Å²) < 4.78 is 8.39. The van der Waals surface area contributed by atoms with Crippen molar-refractivity contribution in [3.05, 3.63) is 65.7 Å². The van der Waals surface area contributed by atoms with Crippen LogP contribution >= 0.6 is 11.3 Å². The largest absolute Gasteiger partial charge is 1.00 e. The van der Waals surface area contributed by atoms with E-state index in [0.29, 0.717) is 6.61 Å². The van der Waals surface area contributed by atoms with E-state index in [9.17, 15) is 4.79 Å². The van der Waals surface area contributed by atoms with Gasteiger partial charge in [-0.1, -0.05) is 53.8 Å². The molecule has 0 N–H and O–H groups in total. The Balaban J connectivity index is 0.00000161. The number of thiazole rings is 1. The summed E-state index contributed by atoms with van der Waals surface area (Å²) in [6, 6.07) is 17.7. The Morgan fingerprint density at radius 2 is 1.76 bits per heavy atom. The molecule has 0 radical (unpaired) electrons. The summed E-state index contributed by atoms with van der Waals surface area (Å²) in [4.78, 5) is 11.9. The first-order chi connectivity index (χ1) is 9.83. The predicted octanol–water partition coefficient (Wildman–Crippen LogP) is -0.0638. The van der Waals surface area contributed by atoms with Gasteiger partial charge in [-0.25, -0.2) is 4.79 Å². The van der Waals surface area contributed by atoms with Crippen molar-refractivity contribution >= 4 is 27.5 Å². The van der Waals surface area contributed by atoms with Gasteiger partial charge in [-0.05, 0) is 11.6 Å². The Morgan fingerprint density at radius 3 is 2.57 bits per heavy atom. The Bertz CT molecular complexity index is 727. The molecule has 1 aromatic heterocycles.